The minimum absolute atomic E-state index is 0.0344. The van der Waals surface area contributed by atoms with Gasteiger partial charge in [-0.3, -0.25) is 9.59 Å². The second kappa shape index (κ2) is 9.03. The molecule has 1 aliphatic carbocycles. The first-order valence-electron chi connectivity index (χ1n) is 9.51. The maximum Gasteiger partial charge on any atom is 0.254 e. The summed E-state index contributed by atoms with van der Waals surface area (Å²) in [6.45, 7) is 2.25. The fraction of sp³-hybridized carbons (Fsp3) is 0.600. The maximum absolute atomic E-state index is 13.3. The zero-order chi connectivity index (χ0) is 18.4. The van der Waals surface area contributed by atoms with E-state index in [2.05, 4.69) is 5.32 Å². The predicted molar refractivity (Wildman–Crippen MR) is 98.2 cm³/mol. The topological polar surface area (TPSA) is 67.9 Å². The minimum atomic E-state index is -0.142. The Morgan fingerprint density at radius 1 is 1.23 bits per heavy atom. The van der Waals surface area contributed by atoms with Crippen LogP contribution in [0.3, 0.4) is 0 Å². The summed E-state index contributed by atoms with van der Waals surface area (Å²) in [7, 11) is 1.59. The number of ether oxygens (including phenoxy) is 2. The van der Waals surface area contributed by atoms with E-state index in [0.29, 0.717) is 37.6 Å². The zero-order valence-corrected chi connectivity index (χ0v) is 15.4. The van der Waals surface area contributed by atoms with E-state index in [0.717, 1.165) is 32.1 Å². The Kier molecular flexibility index (Phi) is 6.50. The lowest BCUT2D eigenvalue weighted by molar-refractivity contribution is -0.128. The number of hydrogen-bond acceptors (Lipinski definition) is 4. The van der Waals surface area contributed by atoms with Crippen LogP contribution in [0.1, 0.15) is 42.5 Å². The van der Waals surface area contributed by atoms with Crippen LogP contribution in [-0.2, 0) is 9.53 Å². The number of methoxy groups -OCH3 is 1. The lowest BCUT2D eigenvalue weighted by Crippen LogP contribution is -2.51. The molecule has 1 aromatic carbocycles. The third-order valence-electron chi connectivity index (χ3n) is 5.28. The molecule has 2 aliphatic rings. The number of amides is 2. The lowest BCUT2D eigenvalue weighted by atomic mass is 9.82. The van der Waals surface area contributed by atoms with Gasteiger partial charge in [-0.2, -0.15) is 0 Å². The van der Waals surface area contributed by atoms with Crippen molar-refractivity contribution in [3.05, 3.63) is 29.8 Å². The molecule has 0 unspecified atom stereocenters. The van der Waals surface area contributed by atoms with Gasteiger partial charge in [-0.05, 0) is 37.5 Å². The summed E-state index contributed by atoms with van der Waals surface area (Å²) < 4.78 is 10.8. The molecule has 1 heterocycles. The summed E-state index contributed by atoms with van der Waals surface area (Å²) in [4.78, 5) is 27.8. The highest BCUT2D eigenvalue weighted by Gasteiger charge is 2.37. The first-order chi connectivity index (χ1) is 12.7. The first-order valence-corrected chi connectivity index (χ1v) is 9.51. The molecule has 0 aromatic heterocycles. The Balaban J connectivity index is 1.88. The molecule has 0 bridgehead atoms. The second-order valence-electron chi connectivity index (χ2n) is 6.95. The van der Waals surface area contributed by atoms with Crippen LogP contribution in [-0.4, -0.2) is 56.2 Å². The number of fused-ring (bicyclic) bond motifs is 1. The number of benzene rings is 1. The monoisotopic (exact) mass is 360 g/mol. The molecule has 0 radical (unpaired) electrons. The van der Waals surface area contributed by atoms with E-state index in [1.54, 1.807) is 13.2 Å². The summed E-state index contributed by atoms with van der Waals surface area (Å²) in [5, 5.41) is 2.97. The molecule has 1 saturated heterocycles. The highest BCUT2D eigenvalue weighted by Crippen LogP contribution is 2.30. The van der Waals surface area contributed by atoms with Crippen molar-refractivity contribution in [2.45, 2.75) is 38.1 Å². The van der Waals surface area contributed by atoms with Gasteiger partial charge >= 0.3 is 0 Å². The third-order valence-corrected chi connectivity index (χ3v) is 5.28. The molecule has 2 amide bonds. The van der Waals surface area contributed by atoms with Crippen molar-refractivity contribution in [1.29, 1.82) is 0 Å². The van der Waals surface area contributed by atoms with Crippen molar-refractivity contribution in [3.8, 4) is 5.75 Å². The van der Waals surface area contributed by atoms with E-state index in [-0.39, 0.29) is 23.8 Å². The molecule has 2 atom stereocenters. The van der Waals surface area contributed by atoms with Crippen molar-refractivity contribution in [2.75, 3.05) is 33.4 Å². The van der Waals surface area contributed by atoms with Gasteiger partial charge in [0.05, 0.1) is 19.6 Å². The molecule has 6 heteroatoms. The molecular formula is C20H28N2O4. The van der Waals surface area contributed by atoms with Crippen LogP contribution in [0.4, 0.5) is 0 Å². The van der Waals surface area contributed by atoms with E-state index in [1.807, 2.05) is 23.1 Å². The predicted octanol–water partition coefficient (Wildman–Crippen LogP) is 2.23. The van der Waals surface area contributed by atoms with Gasteiger partial charge in [0.25, 0.3) is 5.91 Å². The van der Waals surface area contributed by atoms with Gasteiger partial charge in [-0.15, -0.1) is 0 Å². The van der Waals surface area contributed by atoms with E-state index < -0.39 is 0 Å². The average Bonchev–Trinajstić information content (AvgIpc) is 2.72. The SMILES string of the molecule is COc1cccc(C(=O)N2CCCOCCNC(=O)[C@@H]3CCCC[C@@H]32)c1. The highest BCUT2D eigenvalue weighted by atomic mass is 16.5. The van der Waals surface area contributed by atoms with Gasteiger partial charge in [0.15, 0.2) is 0 Å². The Morgan fingerprint density at radius 3 is 2.92 bits per heavy atom. The van der Waals surface area contributed by atoms with E-state index in [1.165, 1.54) is 0 Å². The number of hydrogen-bond donors (Lipinski definition) is 1. The van der Waals surface area contributed by atoms with Gasteiger partial charge in [0.1, 0.15) is 5.75 Å². The minimum Gasteiger partial charge on any atom is -0.497 e. The van der Waals surface area contributed by atoms with Gasteiger partial charge in [0.2, 0.25) is 5.91 Å². The number of nitrogens with one attached hydrogen (secondary N) is 1. The largest absolute Gasteiger partial charge is 0.497 e. The van der Waals surface area contributed by atoms with Crippen molar-refractivity contribution in [3.63, 3.8) is 0 Å². The molecule has 2 fully saturated rings. The van der Waals surface area contributed by atoms with E-state index >= 15 is 0 Å². The third kappa shape index (κ3) is 4.36. The number of rotatable bonds is 2. The Labute approximate surface area is 154 Å². The first kappa shape index (κ1) is 18.7. The van der Waals surface area contributed by atoms with Crippen molar-refractivity contribution < 1.29 is 19.1 Å². The Morgan fingerprint density at radius 2 is 2.08 bits per heavy atom. The van der Waals surface area contributed by atoms with Crippen LogP contribution in [0.25, 0.3) is 0 Å². The zero-order valence-electron chi connectivity index (χ0n) is 15.4. The average molecular weight is 360 g/mol. The molecule has 1 aliphatic heterocycles. The summed E-state index contributed by atoms with van der Waals surface area (Å²) in [5.74, 6) is 0.530. The fourth-order valence-corrected chi connectivity index (χ4v) is 3.95. The van der Waals surface area contributed by atoms with Crippen molar-refractivity contribution in [2.24, 2.45) is 5.92 Å². The van der Waals surface area contributed by atoms with Crippen LogP contribution in [0.5, 0.6) is 5.75 Å². The summed E-state index contributed by atoms with van der Waals surface area (Å²) in [6.07, 6.45) is 4.56. The van der Waals surface area contributed by atoms with Crippen LogP contribution >= 0.6 is 0 Å². The molecule has 1 aromatic rings. The van der Waals surface area contributed by atoms with Crippen LogP contribution in [0.2, 0.25) is 0 Å². The van der Waals surface area contributed by atoms with Crippen molar-refractivity contribution in [1.82, 2.24) is 10.2 Å². The Bertz CT molecular complexity index is 634. The summed E-state index contributed by atoms with van der Waals surface area (Å²) in [5.41, 5.74) is 0.602. The van der Waals surface area contributed by atoms with Gasteiger partial charge in [-0.25, -0.2) is 0 Å². The van der Waals surface area contributed by atoms with Crippen LogP contribution < -0.4 is 10.1 Å². The molecule has 1 saturated carbocycles. The molecule has 26 heavy (non-hydrogen) atoms. The summed E-state index contributed by atoms with van der Waals surface area (Å²) >= 11 is 0. The maximum atomic E-state index is 13.3. The Hall–Kier alpha value is -2.08. The van der Waals surface area contributed by atoms with Crippen molar-refractivity contribution >= 4 is 11.8 Å². The van der Waals surface area contributed by atoms with Crippen LogP contribution in [0.15, 0.2) is 24.3 Å². The standard InChI is InChI=1S/C20H28N2O4/c1-25-16-7-4-6-15(14-16)20(24)22-11-5-12-26-13-10-21-19(23)17-8-2-3-9-18(17)22/h4,6-7,14,17-18H,2-3,5,8-13H2,1H3,(H,21,23)/t17-,18+/m1/s1. The summed E-state index contributed by atoms with van der Waals surface area (Å²) in [6, 6.07) is 7.17. The molecule has 142 valence electrons. The number of nitrogens with zero attached hydrogens (tertiary/aromatic N) is 1. The normalized spacial score (nSPS) is 24.8. The van der Waals surface area contributed by atoms with Crippen LogP contribution in [0, 0.1) is 5.92 Å². The molecule has 6 nitrogen and oxygen atoms in total. The smallest absolute Gasteiger partial charge is 0.254 e. The molecule has 0 spiro atoms. The quantitative estimate of drug-likeness (QED) is 0.878. The number of carbonyl (C=O) groups excluding carboxylic acids is 2. The second-order valence-corrected chi connectivity index (χ2v) is 6.95. The highest BCUT2D eigenvalue weighted by molar-refractivity contribution is 5.95. The lowest BCUT2D eigenvalue weighted by Gasteiger charge is -2.39. The van der Waals surface area contributed by atoms with Gasteiger partial charge in [-0.1, -0.05) is 18.9 Å². The molecule has 3 rings (SSSR count). The number of carbonyl (C=O) groups is 2. The van der Waals surface area contributed by atoms with E-state index in [9.17, 15) is 9.59 Å². The van der Waals surface area contributed by atoms with Gasteiger partial charge < -0.3 is 19.7 Å². The molecule has 1 N–H and O–H groups in total. The van der Waals surface area contributed by atoms with E-state index in [4.69, 9.17) is 9.47 Å². The fourth-order valence-electron chi connectivity index (χ4n) is 3.95. The molecular weight excluding hydrogens is 332 g/mol. The van der Waals surface area contributed by atoms with Gasteiger partial charge in [0, 0.05) is 31.3 Å².